The summed E-state index contributed by atoms with van der Waals surface area (Å²) in [7, 11) is 0. The van der Waals surface area contributed by atoms with Crippen LogP contribution in [0.15, 0.2) is 29.3 Å². The van der Waals surface area contributed by atoms with E-state index in [-0.39, 0.29) is 41.9 Å². The standard InChI is InChI=1S/C22H35FN4O3.HI/c1-2-24-22(25-8-4-11-30-20-7-12-29-17-20)26-16-21(27-9-13-28-14-10-27)18-5-3-6-19(23)15-18;/h3,5-6,15,20-21H,2,4,7-14,16-17H2,1H3,(H2,24,25,26);1H. The summed E-state index contributed by atoms with van der Waals surface area (Å²) in [5.41, 5.74) is 0.948. The number of hydrogen-bond donors (Lipinski definition) is 2. The number of guanidine groups is 1. The molecule has 3 rings (SSSR count). The highest BCUT2D eigenvalue weighted by atomic mass is 127. The highest BCUT2D eigenvalue weighted by Gasteiger charge is 2.23. The Morgan fingerprint density at radius 3 is 2.81 bits per heavy atom. The molecule has 2 fully saturated rings. The van der Waals surface area contributed by atoms with E-state index < -0.39 is 0 Å². The summed E-state index contributed by atoms with van der Waals surface area (Å²) >= 11 is 0. The number of aliphatic imine (C=N–C) groups is 1. The van der Waals surface area contributed by atoms with Gasteiger partial charge in [-0.25, -0.2) is 4.39 Å². The molecule has 0 aliphatic carbocycles. The van der Waals surface area contributed by atoms with E-state index in [1.807, 2.05) is 13.0 Å². The van der Waals surface area contributed by atoms with Gasteiger partial charge < -0.3 is 24.8 Å². The fourth-order valence-electron chi connectivity index (χ4n) is 3.73. The Morgan fingerprint density at radius 1 is 1.26 bits per heavy atom. The molecule has 0 saturated carbocycles. The number of hydrogen-bond acceptors (Lipinski definition) is 5. The van der Waals surface area contributed by atoms with Gasteiger partial charge in [0.25, 0.3) is 0 Å². The molecule has 2 unspecified atom stereocenters. The fourth-order valence-corrected chi connectivity index (χ4v) is 3.73. The predicted octanol–water partition coefficient (Wildman–Crippen LogP) is 2.57. The summed E-state index contributed by atoms with van der Waals surface area (Å²) in [6.07, 6.45) is 2.13. The van der Waals surface area contributed by atoms with E-state index in [2.05, 4.69) is 15.5 Å². The van der Waals surface area contributed by atoms with Gasteiger partial charge in [0.15, 0.2) is 5.96 Å². The normalized spacial score (nSPS) is 20.8. The third kappa shape index (κ3) is 9.17. The van der Waals surface area contributed by atoms with Gasteiger partial charge in [-0.15, -0.1) is 24.0 Å². The first-order chi connectivity index (χ1) is 14.8. The van der Waals surface area contributed by atoms with Crippen LogP contribution in [0.5, 0.6) is 0 Å². The van der Waals surface area contributed by atoms with Gasteiger partial charge in [0, 0.05) is 39.4 Å². The maximum atomic E-state index is 13.8. The molecule has 2 saturated heterocycles. The number of benzene rings is 1. The monoisotopic (exact) mass is 550 g/mol. The number of nitrogens with one attached hydrogen (secondary N) is 2. The van der Waals surface area contributed by atoms with Gasteiger partial charge in [-0.1, -0.05) is 12.1 Å². The lowest BCUT2D eigenvalue weighted by Crippen LogP contribution is -2.42. The zero-order valence-corrected chi connectivity index (χ0v) is 20.7. The van der Waals surface area contributed by atoms with E-state index in [0.29, 0.717) is 33.0 Å². The second-order valence-corrected chi connectivity index (χ2v) is 7.58. The molecule has 2 aliphatic heterocycles. The second kappa shape index (κ2) is 14.9. The quantitative estimate of drug-likeness (QED) is 0.202. The van der Waals surface area contributed by atoms with Crippen LogP contribution < -0.4 is 10.6 Å². The molecule has 2 heterocycles. The summed E-state index contributed by atoms with van der Waals surface area (Å²) < 4.78 is 30.5. The van der Waals surface area contributed by atoms with Gasteiger partial charge in [0.1, 0.15) is 5.82 Å². The van der Waals surface area contributed by atoms with E-state index in [0.717, 1.165) is 57.2 Å². The maximum Gasteiger partial charge on any atom is 0.191 e. The Morgan fingerprint density at radius 2 is 2.10 bits per heavy atom. The average molecular weight is 550 g/mol. The van der Waals surface area contributed by atoms with Crippen molar-refractivity contribution in [3.8, 4) is 0 Å². The molecular formula is C22H36FIN4O3. The van der Waals surface area contributed by atoms with E-state index in [1.54, 1.807) is 12.1 Å². The van der Waals surface area contributed by atoms with E-state index >= 15 is 0 Å². The lowest BCUT2D eigenvalue weighted by molar-refractivity contribution is 0.0179. The van der Waals surface area contributed by atoms with Crippen molar-refractivity contribution in [2.45, 2.75) is 31.9 Å². The zero-order valence-electron chi connectivity index (χ0n) is 18.4. The van der Waals surface area contributed by atoms with Crippen molar-refractivity contribution in [1.82, 2.24) is 15.5 Å². The molecule has 1 aromatic rings. The van der Waals surface area contributed by atoms with Crippen molar-refractivity contribution in [3.05, 3.63) is 35.6 Å². The van der Waals surface area contributed by atoms with Gasteiger partial charge in [0.05, 0.1) is 38.5 Å². The molecule has 0 bridgehead atoms. The first-order valence-electron chi connectivity index (χ1n) is 11.0. The van der Waals surface area contributed by atoms with Gasteiger partial charge in [-0.2, -0.15) is 0 Å². The molecule has 2 aliphatic rings. The second-order valence-electron chi connectivity index (χ2n) is 7.58. The number of morpholine rings is 1. The first-order valence-corrected chi connectivity index (χ1v) is 11.0. The molecule has 2 atom stereocenters. The van der Waals surface area contributed by atoms with Crippen LogP contribution in [0.2, 0.25) is 0 Å². The molecule has 1 aromatic carbocycles. The fraction of sp³-hybridized carbons (Fsp3) is 0.682. The third-order valence-electron chi connectivity index (χ3n) is 5.34. The molecule has 0 aromatic heterocycles. The summed E-state index contributed by atoms with van der Waals surface area (Å²) in [5.74, 6) is 0.559. The van der Waals surface area contributed by atoms with Crippen molar-refractivity contribution < 1.29 is 18.6 Å². The van der Waals surface area contributed by atoms with Crippen LogP contribution in [0, 0.1) is 5.82 Å². The van der Waals surface area contributed by atoms with Crippen molar-refractivity contribution in [1.29, 1.82) is 0 Å². The number of nitrogens with zero attached hydrogens (tertiary/aromatic N) is 2. The van der Waals surface area contributed by atoms with Crippen LogP contribution in [-0.2, 0) is 14.2 Å². The minimum absolute atomic E-state index is 0. The molecule has 0 amide bonds. The topological polar surface area (TPSA) is 67.4 Å². The highest BCUT2D eigenvalue weighted by Crippen LogP contribution is 2.23. The van der Waals surface area contributed by atoms with Crippen LogP contribution in [0.4, 0.5) is 4.39 Å². The van der Waals surface area contributed by atoms with Crippen molar-refractivity contribution >= 4 is 29.9 Å². The Bertz CT molecular complexity index is 655. The van der Waals surface area contributed by atoms with Crippen molar-refractivity contribution in [2.24, 2.45) is 4.99 Å². The molecule has 9 heteroatoms. The summed E-state index contributed by atoms with van der Waals surface area (Å²) in [4.78, 5) is 7.12. The van der Waals surface area contributed by atoms with E-state index in [4.69, 9.17) is 19.2 Å². The van der Waals surface area contributed by atoms with Crippen molar-refractivity contribution in [2.75, 3.05) is 65.8 Å². The summed E-state index contributed by atoms with van der Waals surface area (Å²) in [6, 6.07) is 6.85. The number of rotatable bonds is 10. The van der Waals surface area contributed by atoms with E-state index in [1.165, 1.54) is 6.07 Å². The van der Waals surface area contributed by atoms with Crippen LogP contribution >= 0.6 is 24.0 Å². The summed E-state index contributed by atoms with van der Waals surface area (Å²) in [5, 5.41) is 6.67. The van der Waals surface area contributed by atoms with Gasteiger partial charge in [-0.3, -0.25) is 9.89 Å². The molecule has 31 heavy (non-hydrogen) atoms. The van der Waals surface area contributed by atoms with Crippen LogP contribution in [0.3, 0.4) is 0 Å². The van der Waals surface area contributed by atoms with Crippen molar-refractivity contribution in [3.63, 3.8) is 0 Å². The lowest BCUT2D eigenvalue weighted by Gasteiger charge is -2.34. The number of ether oxygens (including phenoxy) is 3. The highest BCUT2D eigenvalue weighted by molar-refractivity contribution is 14.0. The smallest absolute Gasteiger partial charge is 0.191 e. The lowest BCUT2D eigenvalue weighted by atomic mass is 10.0. The van der Waals surface area contributed by atoms with Gasteiger partial charge in [0.2, 0.25) is 0 Å². The van der Waals surface area contributed by atoms with Crippen LogP contribution in [0.1, 0.15) is 31.4 Å². The third-order valence-corrected chi connectivity index (χ3v) is 5.34. The van der Waals surface area contributed by atoms with E-state index in [9.17, 15) is 4.39 Å². The van der Waals surface area contributed by atoms with Crippen LogP contribution in [-0.4, -0.2) is 82.7 Å². The SMILES string of the molecule is CCNC(=NCC(c1cccc(F)c1)N1CCOCC1)NCCCOC1CCOC1.I. The Kier molecular flexibility index (Phi) is 12.6. The zero-order chi connectivity index (χ0) is 21.0. The Labute approximate surface area is 202 Å². The maximum absolute atomic E-state index is 13.8. The molecular weight excluding hydrogens is 514 g/mol. The average Bonchev–Trinajstić information content (AvgIpc) is 3.28. The minimum Gasteiger partial charge on any atom is -0.379 e. The first kappa shape index (κ1) is 26.2. The van der Waals surface area contributed by atoms with Crippen LogP contribution in [0.25, 0.3) is 0 Å². The molecule has 176 valence electrons. The molecule has 0 spiro atoms. The predicted molar refractivity (Wildman–Crippen MR) is 131 cm³/mol. The Hall–Kier alpha value is -1.01. The van der Waals surface area contributed by atoms with Gasteiger partial charge >= 0.3 is 0 Å². The minimum atomic E-state index is -0.215. The number of halogens is 2. The largest absolute Gasteiger partial charge is 0.379 e. The Balaban J connectivity index is 0.00000341. The molecule has 0 radical (unpaired) electrons. The van der Waals surface area contributed by atoms with Gasteiger partial charge in [-0.05, 0) is 37.5 Å². The molecule has 7 nitrogen and oxygen atoms in total. The molecule has 2 N–H and O–H groups in total. The summed E-state index contributed by atoms with van der Waals surface area (Å²) in [6.45, 7) is 9.41.